The van der Waals surface area contributed by atoms with Crippen molar-refractivity contribution in [3.8, 4) is 5.75 Å². The summed E-state index contributed by atoms with van der Waals surface area (Å²) in [7, 11) is 1.33. The summed E-state index contributed by atoms with van der Waals surface area (Å²) < 4.78 is 15.5. The predicted octanol–water partition coefficient (Wildman–Crippen LogP) is 2.64. The average molecular weight is 331 g/mol. The lowest BCUT2D eigenvalue weighted by Crippen LogP contribution is -2.33. The van der Waals surface area contributed by atoms with Crippen molar-refractivity contribution in [2.24, 2.45) is 0 Å². The number of furan rings is 1. The Labute approximate surface area is 141 Å². The molecular formula is C18H21NO5. The molecule has 0 saturated carbocycles. The van der Waals surface area contributed by atoms with E-state index in [-0.39, 0.29) is 37.9 Å². The first-order valence-electron chi connectivity index (χ1n) is 7.74. The quantitative estimate of drug-likeness (QED) is 0.661. The molecule has 0 N–H and O–H groups in total. The maximum atomic E-state index is 12.4. The molecular weight excluding hydrogens is 310 g/mol. The summed E-state index contributed by atoms with van der Waals surface area (Å²) in [5.41, 5.74) is 0. The second-order valence-corrected chi connectivity index (χ2v) is 5.13. The highest BCUT2D eigenvalue weighted by atomic mass is 16.5. The molecule has 0 fully saturated rings. The van der Waals surface area contributed by atoms with Crippen LogP contribution in [0, 0.1) is 0 Å². The molecule has 2 aromatic rings. The fourth-order valence-corrected chi connectivity index (χ4v) is 2.14. The summed E-state index contributed by atoms with van der Waals surface area (Å²) in [5, 5.41) is 0. The van der Waals surface area contributed by atoms with Gasteiger partial charge in [-0.05, 0) is 24.3 Å². The molecule has 1 aromatic carbocycles. The van der Waals surface area contributed by atoms with Crippen molar-refractivity contribution in [3.63, 3.8) is 0 Å². The van der Waals surface area contributed by atoms with Gasteiger partial charge in [0.25, 0.3) is 0 Å². The summed E-state index contributed by atoms with van der Waals surface area (Å²) in [6.07, 6.45) is 1.91. The first-order chi connectivity index (χ1) is 11.7. The van der Waals surface area contributed by atoms with Gasteiger partial charge in [0, 0.05) is 6.54 Å². The van der Waals surface area contributed by atoms with Gasteiger partial charge in [0.1, 0.15) is 11.5 Å². The molecule has 0 spiro atoms. The first-order valence-corrected chi connectivity index (χ1v) is 7.74. The Morgan fingerprint density at radius 1 is 1.08 bits per heavy atom. The summed E-state index contributed by atoms with van der Waals surface area (Å²) in [4.78, 5) is 25.3. The first kappa shape index (κ1) is 17.6. The molecule has 0 unspecified atom stereocenters. The molecule has 1 amide bonds. The predicted molar refractivity (Wildman–Crippen MR) is 87.3 cm³/mol. The molecule has 1 aromatic heterocycles. The molecule has 0 saturated heterocycles. The van der Waals surface area contributed by atoms with Crippen molar-refractivity contribution in [2.45, 2.75) is 19.4 Å². The van der Waals surface area contributed by atoms with Crippen molar-refractivity contribution >= 4 is 11.9 Å². The summed E-state index contributed by atoms with van der Waals surface area (Å²) >= 11 is 0. The zero-order chi connectivity index (χ0) is 17.2. The number of ether oxygens (including phenoxy) is 2. The Balaban J connectivity index is 1.86. The lowest BCUT2D eigenvalue weighted by Gasteiger charge is -2.21. The molecule has 0 aliphatic heterocycles. The maximum absolute atomic E-state index is 12.4. The summed E-state index contributed by atoms with van der Waals surface area (Å²) in [6, 6.07) is 12.9. The lowest BCUT2D eigenvalue weighted by molar-refractivity contribution is -0.142. The highest BCUT2D eigenvalue weighted by Gasteiger charge is 2.17. The molecule has 128 valence electrons. The number of methoxy groups -OCH3 is 1. The van der Waals surface area contributed by atoms with Crippen LogP contribution in [-0.2, 0) is 20.9 Å². The van der Waals surface area contributed by atoms with Gasteiger partial charge >= 0.3 is 5.97 Å². The van der Waals surface area contributed by atoms with Crippen molar-refractivity contribution in [1.82, 2.24) is 4.90 Å². The van der Waals surface area contributed by atoms with Crippen molar-refractivity contribution in [3.05, 3.63) is 54.5 Å². The number of carbonyl (C=O) groups is 2. The molecule has 2 rings (SSSR count). The molecule has 0 aliphatic rings. The number of hydrogen-bond acceptors (Lipinski definition) is 5. The van der Waals surface area contributed by atoms with E-state index >= 15 is 0 Å². The minimum atomic E-state index is -0.354. The average Bonchev–Trinajstić information content (AvgIpc) is 3.12. The van der Waals surface area contributed by atoms with Gasteiger partial charge in [0.15, 0.2) is 0 Å². The van der Waals surface area contributed by atoms with Crippen LogP contribution in [0.5, 0.6) is 5.75 Å². The number of esters is 1. The van der Waals surface area contributed by atoms with Crippen LogP contribution in [0.1, 0.15) is 18.6 Å². The zero-order valence-corrected chi connectivity index (χ0v) is 13.6. The van der Waals surface area contributed by atoms with Gasteiger partial charge < -0.3 is 18.8 Å². The smallest absolute Gasteiger partial charge is 0.307 e. The third-order valence-electron chi connectivity index (χ3n) is 3.42. The van der Waals surface area contributed by atoms with Crippen LogP contribution in [0.15, 0.2) is 53.1 Å². The number of rotatable bonds is 9. The van der Waals surface area contributed by atoms with Crippen molar-refractivity contribution < 1.29 is 23.5 Å². The third kappa shape index (κ3) is 5.79. The van der Waals surface area contributed by atoms with Crippen LogP contribution in [0.2, 0.25) is 0 Å². The fourth-order valence-electron chi connectivity index (χ4n) is 2.14. The van der Waals surface area contributed by atoms with Crippen LogP contribution in [-0.4, -0.2) is 37.0 Å². The van der Waals surface area contributed by atoms with E-state index in [4.69, 9.17) is 9.15 Å². The monoisotopic (exact) mass is 331 g/mol. The minimum absolute atomic E-state index is 0.105. The third-order valence-corrected chi connectivity index (χ3v) is 3.42. The molecule has 6 heteroatoms. The normalized spacial score (nSPS) is 10.2. The SMILES string of the molecule is COC(=O)CCN(Cc1ccco1)C(=O)CCOc1ccccc1. The number of hydrogen-bond donors (Lipinski definition) is 0. The maximum Gasteiger partial charge on any atom is 0.307 e. The number of benzene rings is 1. The van der Waals surface area contributed by atoms with Crippen molar-refractivity contribution in [1.29, 1.82) is 0 Å². The van der Waals surface area contributed by atoms with Crippen LogP contribution in [0.25, 0.3) is 0 Å². The van der Waals surface area contributed by atoms with Gasteiger partial charge in [-0.3, -0.25) is 9.59 Å². The molecule has 6 nitrogen and oxygen atoms in total. The molecule has 1 heterocycles. The summed E-state index contributed by atoms with van der Waals surface area (Å²) in [5.74, 6) is 0.925. The second kappa shape index (κ2) is 9.39. The molecule has 0 bridgehead atoms. The fraction of sp³-hybridized carbons (Fsp3) is 0.333. The minimum Gasteiger partial charge on any atom is -0.493 e. The van der Waals surface area contributed by atoms with E-state index in [1.54, 1.807) is 23.3 Å². The lowest BCUT2D eigenvalue weighted by atomic mass is 10.3. The Morgan fingerprint density at radius 2 is 1.88 bits per heavy atom. The molecule has 0 radical (unpaired) electrons. The van der Waals surface area contributed by atoms with Crippen LogP contribution < -0.4 is 4.74 Å². The zero-order valence-electron chi connectivity index (χ0n) is 13.6. The van der Waals surface area contributed by atoms with Crippen molar-refractivity contribution in [2.75, 3.05) is 20.3 Å². The highest BCUT2D eigenvalue weighted by Crippen LogP contribution is 2.11. The topological polar surface area (TPSA) is 69.0 Å². The Kier molecular flexibility index (Phi) is 6.89. The number of carbonyl (C=O) groups excluding carboxylic acids is 2. The number of amides is 1. The number of nitrogens with zero attached hydrogens (tertiary/aromatic N) is 1. The van der Waals surface area contributed by atoms with E-state index in [1.807, 2.05) is 30.3 Å². The second-order valence-electron chi connectivity index (χ2n) is 5.13. The highest BCUT2D eigenvalue weighted by molar-refractivity contribution is 5.77. The van der Waals surface area contributed by atoms with E-state index in [0.717, 1.165) is 5.75 Å². The van der Waals surface area contributed by atoms with E-state index < -0.39 is 0 Å². The summed E-state index contributed by atoms with van der Waals surface area (Å²) in [6.45, 7) is 0.863. The molecule has 24 heavy (non-hydrogen) atoms. The Morgan fingerprint density at radius 3 is 2.54 bits per heavy atom. The van der Waals surface area contributed by atoms with Crippen LogP contribution >= 0.6 is 0 Å². The largest absolute Gasteiger partial charge is 0.493 e. The van der Waals surface area contributed by atoms with Gasteiger partial charge in [0.05, 0.1) is 39.4 Å². The Hall–Kier alpha value is -2.76. The van der Waals surface area contributed by atoms with E-state index in [0.29, 0.717) is 12.3 Å². The van der Waals surface area contributed by atoms with Crippen LogP contribution in [0.4, 0.5) is 0 Å². The molecule has 0 atom stereocenters. The van der Waals surface area contributed by atoms with E-state index in [1.165, 1.54) is 7.11 Å². The standard InChI is InChI=1S/C18H21NO5/c1-22-18(21)9-11-19(14-16-8-5-12-23-16)17(20)10-13-24-15-6-3-2-4-7-15/h2-8,12H,9-11,13-14H2,1H3. The van der Waals surface area contributed by atoms with Gasteiger partial charge in [-0.25, -0.2) is 0 Å². The van der Waals surface area contributed by atoms with Crippen LogP contribution in [0.3, 0.4) is 0 Å². The van der Waals surface area contributed by atoms with E-state index in [2.05, 4.69) is 4.74 Å². The molecule has 0 aliphatic carbocycles. The van der Waals surface area contributed by atoms with Gasteiger partial charge in [0.2, 0.25) is 5.91 Å². The van der Waals surface area contributed by atoms with Gasteiger partial charge in [-0.15, -0.1) is 0 Å². The van der Waals surface area contributed by atoms with Gasteiger partial charge in [-0.2, -0.15) is 0 Å². The Bertz CT molecular complexity index is 624. The van der Waals surface area contributed by atoms with Gasteiger partial charge in [-0.1, -0.05) is 18.2 Å². The number of para-hydroxylation sites is 1. The van der Waals surface area contributed by atoms with E-state index in [9.17, 15) is 9.59 Å².